The Kier molecular flexibility index (Phi) is 4.80. The van der Waals surface area contributed by atoms with Crippen molar-refractivity contribution in [3.05, 3.63) is 63.0 Å². The molecule has 0 bridgehead atoms. The first-order valence-corrected chi connectivity index (χ1v) is 7.16. The summed E-state index contributed by atoms with van der Waals surface area (Å²) in [5, 5.41) is 12.8. The molecule has 1 unspecified atom stereocenters. The third-order valence-corrected chi connectivity index (χ3v) is 3.88. The van der Waals surface area contributed by atoms with E-state index in [2.05, 4.69) is 37.2 Å². The van der Waals surface area contributed by atoms with Crippen LogP contribution < -0.4 is 5.32 Å². The van der Waals surface area contributed by atoms with Gasteiger partial charge in [-0.25, -0.2) is 0 Å². The zero-order valence-electron chi connectivity index (χ0n) is 9.61. The second-order valence-electron chi connectivity index (χ2n) is 3.91. The summed E-state index contributed by atoms with van der Waals surface area (Å²) in [5.74, 6) is 0. The summed E-state index contributed by atoms with van der Waals surface area (Å²) >= 11 is 6.89. The zero-order valence-corrected chi connectivity index (χ0v) is 12.8. The molecule has 94 valence electrons. The van der Waals surface area contributed by atoms with E-state index in [0.29, 0.717) is 0 Å². The molecule has 2 aromatic rings. The van der Waals surface area contributed by atoms with Gasteiger partial charge in [-0.3, -0.25) is 0 Å². The van der Waals surface area contributed by atoms with E-state index < -0.39 is 0 Å². The summed E-state index contributed by atoms with van der Waals surface area (Å²) in [6.45, 7) is 0.0446. The first-order chi connectivity index (χ1) is 8.70. The zero-order chi connectivity index (χ0) is 13.0. The summed E-state index contributed by atoms with van der Waals surface area (Å²) in [6.07, 6.45) is 0. The lowest BCUT2D eigenvalue weighted by Gasteiger charge is -2.19. The molecule has 0 saturated heterocycles. The van der Waals surface area contributed by atoms with Gasteiger partial charge in [0.25, 0.3) is 0 Å². The van der Waals surface area contributed by atoms with Gasteiger partial charge in [-0.15, -0.1) is 0 Å². The van der Waals surface area contributed by atoms with Crippen molar-refractivity contribution in [2.45, 2.75) is 6.04 Å². The quantitative estimate of drug-likeness (QED) is 0.838. The normalized spacial score (nSPS) is 12.2. The third-order valence-electron chi connectivity index (χ3n) is 2.66. The van der Waals surface area contributed by atoms with Gasteiger partial charge in [0.15, 0.2) is 0 Å². The molecule has 4 heteroatoms. The standard InChI is InChI=1S/C14H13Br2NO/c15-11-7-5-10(6-8-11)14(9-18)17-13-4-2-1-3-12(13)16/h1-8,14,17-18H,9H2. The maximum Gasteiger partial charge on any atom is 0.0745 e. The minimum absolute atomic E-state index is 0.0446. The van der Waals surface area contributed by atoms with Gasteiger partial charge in [0.1, 0.15) is 0 Å². The number of aliphatic hydroxyl groups excluding tert-OH is 1. The molecule has 0 aliphatic rings. The van der Waals surface area contributed by atoms with Crippen LogP contribution in [0.3, 0.4) is 0 Å². The Morgan fingerprint density at radius 2 is 1.67 bits per heavy atom. The van der Waals surface area contributed by atoms with Crippen LogP contribution in [0.5, 0.6) is 0 Å². The van der Waals surface area contributed by atoms with Crippen molar-refractivity contribution in [2.75, 3.05) is 11.9 Å². The lowest BCUT2D eigenvalue weighted by Crippen LogP contribution is -2.14. The largest absolute Gasteiger partial charge is 0.394 e. The van der Waals surface area contributed by atoms with Gasteiger partial charge in [-0.2, -0.15) is 0 Å². The highest BCUT2D eigenvalue weighted by molar-refractivity contribution is 9.10. The molecule has 0 aliphatic heterocycles. The molecular weight excluding hydrogens is 358 g/mol. The van der Waals surface area contributed by atoms with Crippen LogP contribution in [0.25, 0.3) is 0 Å². The van der Waals surface area contributed by atoms with E-state index in [-0.39, 0.29) is 12.6 Å². The SMILES string of the molecule is OCC(Nc1ccccc1Br)c1ccc(Br)cc1. The maximum atomic E-state index is 9.51. The summed E-state index contributed by atoms with van der Waals surface area (Å²) < 4.78 is 2.02. The van der Waals surface area contributed by atoms with Crippen molar-refractivity contribution >= 4 is 37.5 Å². The lowest BCUT2D eigenvalue weighted by atomic mass is 10.1. The second kappa shape index (κ2) is 6.36. The summed E-state index contributed by atoms with van der Waals surface area (Å²) in [7, 11) is 0. The smallest absolute Gasteiger partial charge is 0.0745 e. The van der Waals surface area contributed by atoms with Gasteiger partial charge in [0.05, 0.1) is 12.6 Å². The molecule has 0 amide bonds. The molecule has 2 aromatic carbocycles. The van der Waals surface area contributed by atoms with Crippen molar-refractivity contribution in [1.29, 1.82) is 0 Å². The molecule has 0 spiro atoms. The van der Waals surface area contributed by atoms with Crippen molar-refractivity contribution < 1.29 is 5.11 Å². The van der Waals surface area contributed by atoms with E-state index in [1.807, 2.05) is 48.5 Å². The summed E-state index contributed by atoms with van der Waals surface area (Å²) in [4.78, 5) is 0. The minimum atomic E-state index is -0.114. The molecule has 0 aliphatic carbocycles. The number of anilines is 1. The molecule has 2 N–H and O–H groups in total. The van der Waals surface area contributed by atoms with Gasteiger partial charge in [0.2, 0.25) is 0 Å². The molecule has 0 radical (unpaired) electrons. The Bertz CT molecular complexity index is 513. The van der Waals surface area contributed by atoms with E-state index in [1.54, 1.807) is 0 Å². The van der Waals surface area contributed by atoms with E-state index in [1.165, 1.54) is 0 Å². The van der Waals surface area contributed by atoms with Gasteiger partial charge < -0.3 is 10.4 Å². The van der Waals surface area contributed by atoms with E-state index >= 15 is 0 Å². The van der Waals surface area contributed by atoms with Crippen LogP contribution in [0.2, 0.25) is 0 Å². The van der Waals surface area contributed by atoms with E-state index in [9.17, 15) is 5.11 Å². The highest BCUT2D eigenvalue weighted by Gasteiger charge is 2.11. The van der Waals surface area contributed by atoms with Crippen molar-refractivity contribution in [2.24, 2.45) is 0 Å². The Morgan fingerprint density at radius 1 is 1.00 bits per heavy atom. The van der Waals surface area contributed by atoms with Crippen molar-refractivity contribution in [1.82, 2.24) is 0 Å². The molecule has 2 nitrogen and oxygen atoms in total. The van der Waals surface area contributed by atoms with Crippen LogP contribution in [0.4, 0.5) is 5.69 Å². The van der Waals surface area contributed by atoms with E-state index in [0.717, 1.165) is 20.2 Å². The number of nitrogens with one attached hydrogen (secondary N) is 1. The molecule has 0 saturated carbocycles. The Labute approximate surface area is 123 Å². The predicted molar refractivity (Wildman–Crippen MR) is 81.7 cm³/mol. The highest BCUT2D eigenvalue weighted by Crippen LogP contribution is 2.26. The fraction of sp³-hybridized carbons (Fsp3) is 0.143. The van der Waals surface area contributed by atoms with Crippen LogP contribution in [0.1, 0.15) is 11.6 Å². The Morgan fingerprint density at radius 3 is 2.28 bits per heavy atom. The Hall–Kier alpha value is -0.840. The van der Waals surface area contributed by atoms with Crippen LogP contribution in [0.15, 0.2) is 57.5 Å². The molecule has 1 atom stereocenters. The average molecular weight is 371 g/mol. The second-order valence-corrected chi connectivity index (χ2v) is 5.68. The van der Waals surface area contributed by atoms with Crippen LogP contribution in [-0.4, -0.2) is 11.7 Å². The fourth-order valence-corrected chi connectivity index (χ4v) is 2.36. The van der Waals surface area contributed by atoms with Crippen LogP contribution >= 0.6 is 31.9 Å². The fourth-order valence-electron chi connectivity index (χ4n) is 1.70. The number of benzene rings is 2. The molecule has 0 fully saturated rings. The Balaban J connectivity index is 2.20. The molecule has 0 heterocycles. The van der Waals surface area contributed by atoms with Crippen molar-refractivity contribution in [3.8, 4) is 0 Å². The average Bonchev–Trinajstić information content (AvgIpc) is 2.39. The number of rotatable bonds is 4. The molecule has 18 heavy (non-hydrogen) atoms. The summed E-state index contributed by atoms with van der Waals surface area (Å²) in [6, 6.07) is 15.7. The first-order valence-electron chi connectivity index (χ1n) is 5.58. The van der Waals surface area contributed by atoms with Crippen LogP contribution in [0, 0.1) is 0 Å². The monoisotopic (exact) mass is 369 g/mol. The first kappa shape index (κ1) is 13.6. The van der Waals surface area contributed by atoms with E-state index in [4.69, 9.17) is 0 Å². The maximum absolute atomic E-state index is 9.51. The number of hydrogen-bond acceptors (Lipinski definition) is 2. The van der Waals surface area contributed by atoms with Crippen LogP contribution in [-0.2, 0) is 0 Å². The molecular formula is C14H13Br2NO. The number of aliphatic hydroxyl groups is 1. The number of halogens is 2. The molecule has 2 rings (SSSR count). The van der Waals surface area contributed by atoms with Crippen molar-refractivity contribution in [3.63, 3.8) is 0 Å². The lowest BCUT2D eigenvalue weighted by molar-refractivity contribution is 0.276. The van der Waals surface area contributed by atoms with Gasteiger partial charge in [-0.1, -0.05) is 40.2 Å². The van der Waals surface area contributed by atoms with Gasteiger partial charge in [-0.05, 0) is 45.8 Å². The van der Waals surface area contributed by atoms with Gasteiger partial charge >= 0.3 is 0 Å². The topological polar surface area (TPSA) is 32.3 Å². The predicted octanol–water partition coefficient (Wildman–Crippen LogP) is 4.36. The highest BCUT2D eigenvalue weighted by atomic mass is 79.9. The summed E-state index contributed by atoms with van der Waals surface area (Å²) in [5.41, 5.74) is 2.02. The minimum Gasteiger partial charge on any atom is -0.394 e. The number of para-hydroxylation sites is 1. The number of hydrogen-bond donors (Lipinski definition) is 2. The van der Waals surface area contributed by atoms with Gasteiger partial charge in [0, 0.05) is 14.6 Å². The molecule has 0 aromatic heterocycles. The third kappa shape index (κ3) is 3.34.